The molecule has 2 saturated heterocycles. The number of benzene rings is 3. The summed E-state index contributed by atoms with van der Waals surface area (Å²) in [6.45, 7) is 4.10. The number of amides is 2. The number of hydrogen-bond donors (Lipinski definition) is 2. The number of carbonyl (C=O) groups is 2. The van der Waals surface area contributed by atoms with E-state index in [1.54, 1.807) is 11.3 Å². The van der Waals surface area contributed by atoms with Crippen molar-refractivity contribution in [3.63, 3.8) is 0 Å². The number of thiophene rings is 1. The van der Waals surface area contributed by atoms with Crippen molar-refractivity contribution in [1.29, 1.82) is 0 Å². The van der Waals surface area contributed by atoms with Crippen LogP contribution in [0.15, 0.2) is 72.8 Å². The fraction of sp³-hybridized carbons (Fsp3) is 0.290. The lowest BCUT2D eigenvalue weighted by atomic mass is 9.99. The first-order chi connectivity index (χ1) is 19.1. The van der Waals surface area contributed by atoms with Crippen LogP contribution in [0.2, 0.25) is 0 Å². The number of carbonyl (C=O) groups excluding carboxylic acids is 2. The number of hydrogen-bond acceptors (Lipinski definition) is 6. The van der Waals surface area contributed by atoms with E-state index in [0.29, 0.717) is 5.75 Å². The summed E-state index contributed by atoms with van der Waals surface area (Å²) < 4.78 is 7.27. The van der Waals surface area contributed by atoms with E-state index in [1.165, 1.54) is 52.0 Å². The smallest absolute Gasteiger partial charge is 0.279 e. The zero-order valence-corrected chi connectivity index (χ0v) is 23.3. The summed E-state index contributed by atoms with van der Waals surface area (Å²) in [6, 6.07) is 24.5. The Morgan fingerprint density at radius 2 is 1.77 bits per heavy atom. The number of likely N-dealkylation sites (tertiary alicyclic amines) is 1. The molecule has 0 unspecified atom stereocenters. The molecule has 39 heavy (non-hydrogen) atoms. The van der Waals surface area contributed by atoms with Gasteiger partial charge in [-0.2, -0.15) is 0 Å². The summed E-state index contributed by atoms with van der Waals surface area (Å²) in [4.78, 5) is 27.6. The predicted molar refractivity (Wildman–Crippen MR) is 161 cm³/mol. The van der Waals surface area contributed by atoms with Gasteiger partial charge in [-0.15, -0.1) is 11.3 Å². The molecule has 0 saturated carbocycles. The molecule has 2 amide bonds. The fourth-order valence-corrected chi connectivity index (χ4v) is 7.18. The number of nitrogens with one attached hydrogen (secondary N) is 2. The number of anilines is 1. The molecule has 2 aliphatic rings. The summed E-state index contributed by atoms with van der Waals surface area (Å²) >= 11 is 2.93. The van der Waals surface area contributed by atoms with Crippen molar-refractivity contribution in [2.45, 2.75) is 25.3 Å². The van der Waals surface area contributed by atoms with Crippen LogP contribution < -0.4 is 15.4 Å². The highest BCUT2D eigenvalue weighted by Crippen LogP contribution is 2.40. The quantitative estimate of drug-likeness (QED) is 0.249. The second-order valence-corrected chi connectivity index (χ2v) is 12.0. The lowest BCUT2D eigenvalue weighted by Gasteiger charge is -2.15. The largest absolute Gasteiger partial charge is 0.492 e. The first-order valence-corrected chi connectivity index (χ1v) is 15.2. The zero-order valence-electron chi connectivity index (χ0n) is 21.7. The van der Waals surface area contributed by atoms with Gasteiger partial charge < -0.3 is 15.4 Å². The van der Waals surface area contributed by atoms with Gasteiger partial charge in [0, 0.05) is 27.6 Å². The van der Waals surface area contributed by atoms with Crippen molar-refractivity contribution in [2.24, 2.45) is 0 Å². The molecule has 3 aromatic carbocycles. The Morgan fingerprint density at radius 1 is 1.00 bits per heavy atom. The van der Waals surface area contributed by atoms with E-state index >= 15 is 0 Å². The highest BCUT2D eigenvalue weighted by molar-refractivity contribution is 8.14. The lowest BCUT2D eigenvalue weighted by molar-refractivity contribution is -0.117. The van der Waals surface area contributed by atoms with E-state index < -0.39 is 6.04 Å². The molecular weight excluding hydrogens is 526 g/mol. The van der Waals surface area contributed by atoms with Crippen LogP contribution >= 0.6 is 23.1 Å². The predicted octanol–water partition coefficient (Wildman–Crippen LogP) is 6.40. The molecule has 0 bridgehead atoms. The minimum absolute atomic E-state index is 0.150. The van der Waals surface area contributed by atoms with Crippen LogP contribution in [-0.2, 0) is 11.2 Å². The molecule has 0 radical (unpaired) electrons. The minimum atomic E-state index is -0.488. The van der Waals surface area contributed by atoms with Crippen LogP contribution in [0, 0.1) is 0 Å². The molecule has 0 aliphatic carbocycles. The maximum Gasteiger partial charge on any atom is 0.279 e. The van der Waals surface area contributed by atoms with Gasteiger partial charge in [-0.3, -0.25) is 14.5 Å². The molecule has 4 aromatic rings. The highest BCUT2D eigenvalue weighted by Gasteiger charge is 2.28. The summed E-state index contributed by atoms with van der Waals surface area (Å²) in [5.74, 6) is 1.19. The molecule has 8 heteroatoms. The third-order valence-electron chi connectivity index (χ3n) is 7.28. The van der Waals surface area contributed by atoms with Crippen LogP contribution in [0.1, 0.15) is 24.0 Å². The lowest BCUT2D eigenvalue weighted by Crippen LogP contribution is -2.38. The van der Waals surface area contributed by atoms with Crippen LogP contribution in [0.4, 0.5) is 10.5 Å². The van der Waals surface area contributed by atoms with Gasteiger partial charge in [-0.1, -0.05) is 54.2 Å². The summed E-state index contributed by atoms with van der Waals surface area (Å²) in [5, 5.41) is 6.73. The Kier molecular flexibility index (Phi) is 7.85. The summed E-state index contributed by atoms with van der Waals surface area (Å²) in [7, 11) is 0. The molecule has 6 rings (SSSR count). The standard InChI is InChI=1S/C31H31N3O3S2/c35-30(27-20-38-31(36)33-27)32-23-11-9-22(10-12-23)29-26(25-5-1-2-6-28(25)39-29)19-21-7-13-24(14-8-21)37-18-17-34-15-3-4-16-34/h1-2,5-14,27H,3-4,15-20H2,(H,32,35)(H,33,36)/t27-/m0/s1. The molecule has 0 spiro atoms. The van der Waals surface area contributed by atoms with Crippen molar-refractivity contribution in [1.82, 2.24) is 10.2 Å². The van der Waals surface area contributed by atoms with E-state index in [4.69, 9.17) is 4.74 Å². The van der Waals surface area contributed by atoms with Gasteiger partial charge in [0.1, 0.15) is 18.4 Å². The van der Waals surface area contributed by atoms with E-state index in [9.17, 15) is 9.59 Å². The second-order valence-electron chi connectivity index (χ2n) is 9.99. The Balaban J connectivity index is 1.16. The van der Waals surface area contributed by atoms with Gasteiger partial charge >= 0.3 is 0 Å². The van der Waals surface area contributed by atoms with Gasteiger partial charge in [0.25, 0.3) is 5.24 Å². The normalized spacial score (nSPS) is 17.4. The van der Waals surface area contributed by atoms with Crippen LogP contribution in [0.25, 0.3) is 20.5 Å². The molecule has 1 aromatic heterocycles. The van der Waals surface area contributed by atoms with Gasteiger partial charge in [0.05, 0.1) is 0 Å². The summed E-state index contributed by atoms with van der Waals surface area (Å²) in [6.07, 6.45) is 3.43. The zero-order chi connectivity index (χ0) is 26.6. The highest BCUT2D eigenvalue weighted by atomic mass is 32.2. The number of rotatable bonds is 9. The van der Waals surface area contributed by atoms with Crippen LogP contribution in [0.3, 0.4) is 0 Å². The number of nitrogens with zero attached hydrogens (tertiary/aromatic N) is 1. The molecule has 1 atom stereocenters. The first-order valence-electron chi connectivity index (χ1n) is 13.4. The van der Waals surface area contributed by atoms with E-state index in [-0.39, 0.29) is 11.1 Å². The topological polar surface area (TPSA) is 70.7 Å². The van der Waals surface area contributed by atoms with Gasteiger partial charge in [-0.05, 0) is 84.8 Å². The summed E-state index contributed by atoms with van der Waals surface area (Å²) in [5.41, 5.74) is 4.39. The third kappa shape index (κ3) is 6.13. The number of thioether (sulfide) groups is 1. The molecule has 2 aliphatic heterocycles. The maximum atomic E-state index is 12.5. The fourth-order valence-electron chi connectivity index (χ4n) is 5.17. The van der Waals surface area contributed by atoms with Crippen molar-refractivity contribution in [3.8, 4) is 16.2 Å². The SMILES string of the molecule is O=C1N[C@H](C(=O)Nc2ccc(-c3sc4ccccc4c3Cc3ccc(OCCN4CCCC4)cc3)cc2)CS1. The Morgan fingerprint density at radius 3 is 2.51 bits per heavy atom. The van der Waals surface area contributed by atoms with Gasteiger partial charge in [-0.25, -0.2) is 0 Å². The molecule has 200 valence electrons. The average molecular weight is 558 g/mol. The Hall–Kier alpha value is -3.33. The van der Waals surface area contributed by atoms with Crippen molar-refractivity contribution in [2.75, 3.05) is 37.3 Å². The first kappa shape index (κ1) is 25.9. The monoisotopic (exact) mass is 557 g/mol. The van der Waals surface area contributed by atoms with Crippen molar-refractivity contribution >= 4 is 50.0 Å². The van der Waals surface area contributed by atoms with E-state index in [2.05, 4.69) is 76.2 Å². The van der Waals surface area contributed by atoms with E-state index in [1.807, 2.05) is 12.1 Å². The van der Waals surface area contributed by atoms with Crippen molar-refractivity contribution < 1.29 is 14.3 Å². The third-order valence-corrected chi connectivity index (χ3v) is 9.42. The molecule has 2 fully saturated rings. The average Bonchev–Trinajstić information content (AvgIpc) is 3.71. The number of fused-ring (bicyclic) bond motifs is 1. The van der Waals surface area contributed by atoms with Gasteiger partial charge in [0.15, 0.2) is 0 Å². The van der Waals surface area contributed by atoms with Crippen LogP contribution in [0.5, 0.6) is 5.75 Å². The number of ether oxygens (including phenoxy) is 1. The minimum Gasteiger partial charge on any atom is -0.492 e. The maximum absolute atomic E-state index is 12.5. The van der Waals surface area contributed by atoms with E-state index in [0.717, 1.165) is 48.3 Å². The second kappa shape index (κ2) is 11.8. The van der Waals surface area contributed by atoms with Gasteiger partial charge in [0.2, 0.25) is 5.91 Å². The molecule has 3 heterocycles. The molecule has 6 nitrogen and oxygen atoms in total. The Bertz CT molecular complexity index is 1460. The molecular formula is C31H31N3O3S2. The van der Waals surface area contributed by atoms with Crippen LogP contribution in [-0.4, -0.2) is 54.1 Å². The Labute approximate surface area is 236 Å². The molecule has 2 N–H and O–H groups in total. The van der Waals surface area contributed by atoms with Crippen molar-refractivity contribution in [3.05, 3.63) is 83.9 Å².